The topological polar surface area (TPSA) is 65.5 Å². The number of carboxylic acids is 1. The predicted molar refractivity (Wildman–Crippen MR) is 70.1 cm³/mol. The van der Waals surface area contributed by atoms with Crippen molar-refractivity contribution >= 4 is 22.4 Å². The summed E-state index contributed by atoms with van der Waals surface area (Å²) in [7, 11) is 4.10. The molecule has 1 aromatic rings. The maximum atomic E-state index is 10.8. The maximum Gasteiger partial charge on any atom is 0.355 e. The van der Waals surface area contributed by atoms with E-state index in [9.17, 15) is 4.79 Å². The van der Waals surface area contributed by atoms with E-state index in [0.29, 0.717) is 5.13 Å². The molecule has 96 valence electrons. The van der Waals surface area contributed by atoms with Crippen molar-refractivity contribution in [3.63, 3.8) is 0 Å². The molecule has 0 fully saturated rings. The van der Waals surface area contributed by atoms with Gasteiger partial charge in [-0.05, 0) is 40.4 Å². The standard InChI is InChI=1S/C11H19N3O2S/c1-8-9(10(15)16)13-11(17-8)12-6-4-5-7-14(2)3/h4-7H2,1-3H3,(H,12,13)(H,15,16). The molecule has 0 atom stereocenters. The number of aromatic carboxylic acids is 1. The minimum Gasteiger partial charge on any atom is -0.476 e. The number of hydrogen-bond acceptors (Lipinski definition) is 5. The van der Waals surface area contributed by atoms with E-state index in [2.05, 4.69) is 29.3 Å². The molecule has 1 aromatic heterocycles. The first-order valence-electron chi connectivity index (χ1n) is 5.60. The van der Waals surface area contributed by atoms with E-state index in [-0.39, 0.29) is 5.69 Å². The highest BCUT2D eigenvalue weighted by Crippen LogP contribution is 2.21. The Bertz CT molecular complexity index is 377. The lowest BCUT2D eigenvalue weighted by molar-refractivity contribution is 0.0690. The quantitative estimate of drug-likeness (QED) is 0.730. The van der Waals surface area contributed by atoms with Crippen LogP contribution in [-0.2, 0) is 0 Å². The molecule has 1 heterocycles. The van der Waals surface area contributed by atoms with Gasteiger partial charge in [-0.1, -0.05) is 0 Å². The fourth-order valence-electron chi connectivity index (χ4n) is 1.42. The number of anilines is 1. The van der Waals surface area contributed by atoms with Gasteiger partial charge in [0.15, 0.2) is 10.8 Å². The van der Waals surface area contributed by atoms with Crippen molar-refractivity contribution in [3.8, 4) is 0 Å². The van der Waals surface area contributed by atoms with Gasteiger partial charge in [0.1, 0.15) is 0 Å². The van der Waals surface area contributed by atoms with E-state index in [0.717, 1.165) is 30.8 Å². The first kappa shape index (κ1) is 13.9. The summed E-state index contributed by atoms with van der Waals surface area (Å²) in [6, 6.07) is 0. The van der Waals surface area contributed by atoms with E-state index in [1.54, 1.807) is 6.92 Å². The normalized spacial score (nSPS) is 10.8. The molecular weight excluding hydrogens is 238 g/mol. The van der Waals surface area contributed by atoms with Crippen LogP contribution in [0.2, 0.25) is 0 Å². The summed E-state index contributed by atoms with van der Waals surface area (Å²) in [4.78, 5) is 17.7. The summed E-state index contributed by atoms with van der Waals surface area (Å²) in [5.74, 6) is -0.959. The highest BCUT2D eigenvalue weighted by atomic mass is 32.1. The molecule has 6 heteroatoms. The Morgan fingerprint density at radius 1 is 1.47 bits per heavy atom. The average Bonchev–Trinajstić information content (AvgIpc) is 2.59. The maximum absolute atomic E-state index is 10.8. The number of nitrogens with one attached hydrogen (secondary N) is 1. The van der Waals surface area contributed by atoms with Crippen molar-refractivity contribution in [2.24, 2.45) is 0 Å². The lowest BCUT2D eigenvalue weighted by Crippen LogP contribution is -2.14. The largest absolute Gasteiger partial charge is 0.476 e. The molecule has 0 bridgehead atoms. The van der Waals surface area contributed by atoms with Crippen LogP contribution in [0, 0.1) is 6.92 Å². The van der Waals surface area contributed by atoms with Crippen LogP contribution in [0.4, 0.5) is 5.13 Å². The number of unbranched alkanes of at least 4 members (excludes halogenated alkanes) is 1. The highest BCUT2D eigenvalue weighted by molar-refractivity contribution is 7.15. The lowest BCUT2D eigenvalue weighted by Gasteiger charge is -2.08. The van der Waals surface area contributed by atoms with Gasteiger partial charge in [0.25, 0.3) is 0 Å². The van der Waals surface area contributed by atoms with Gasteiger partial charge in [0.05, 0.1) is 0 Å². The Balaban J connectivity index is 2.32. The summed E-state index contributed by atoms with van der Waals surface area (Å²) in [6.45, 7) is 3.68. The van der Waals surface area contributed by atoms with E-state index in [4.69, 9.17) is 5.11 Å². The SMILES string of the molecule is Cc1sc(NCCCCN(C)C)nc1C(=O)O. The third-order valence-corrected chi connectivity index (χ3v) is 3.24. The molecule has 5 nitrogen and oxygen atoms in total. The van der Waals surface area contributed by atoms with Crippen LogP contribution in [0.3, 0.4) is 0 Å². The van der Waals surface area contributed by atoms with Gasteiger partial charge >= 0.3 is 5.97 Å². The lowest BCUT2D eigenvalue weighted by atomic mass is 10.3. The Kier molecular flexibility index (Phi) is 5.37. The van der Waals surface area contributed by atoms with Gasteiger partial charge in [-0.15, -0.1) is 11.3 Å². The van der Waals surface area contributed by atoms with Crippen LogP contribution < -0.4 is 5.32 Å². The summed E-state index contributed by atoms with van der Waals surface area (Å²) in [5, 5.41) is 12.7. The molecule has 0 spiro atoms. The van der Waals surface area contributed by atoms with Gasteiger partial charge < -0.3 is 15.3 Å². The van der Waals surface area contributed by atoms with Crippen LogP contribution >= 0.6 is 11.3 Å². The zero-order valence-corrected chi connectivity index (χ0v) is 11.3. The highest BCUT2D eigenvalue weighted by Gasteiger charge is 2.13. The molecule has 2 N–H and O–H groups in total. The van der Waals surface area contributed by atoms with Gasteiger partial charge in [-0.3, -0.25) is 0 Å². The molecule has 1 rings (SSSR count). The summed E-state index contributed by atoms with van der Waals surface area (Å²) >= 11 is 1.39. The fraction of sp³-hybridized carbons (Fsp3) is 0.636. The van der Waals surface area contributed by atoms with E-state index >= 15 is 0 Å². The molecular formula is C11H19N3O2S. The molecule has 0 aliphatic heterocycles. The molecule has 0 saturated heterocycles. The third-order valence-electron chi connectivity index (χ3n) is 2.31. The number of hydrogen-bond donors (Lipinski definition) is 2. The summed E-state index contributed by atoms with van der Waals surface area (Å²) in [5.41, 5.74) is 0.158. The van der Waals surface area contributed by atoms with E-state index in [1.165, 1.54) is 11.3 Å². The van der Waals surface area contributed by atoms with Crippen molar-refractivity contribution in [2.45, 2.75) is 19.8 Å². The molecule has 0 saturated carbocycles. The van der Waals surface area contributed by atoms with Gasteiger partial charge in [-0.25, -0.2) is 9.78 Å². The van der Waals surface area contributed by atoms with Crippen LogP contribution in [0.15, 0.2) is 0 Å². The molecule has 17 heavy (non-hydrogen) atoms. The van der Waals surface area contributed by atoms with Crippen LogP contribution in [0.25, 0.3) is 0 Å². The van der Waals surface area contributed by atoms with E-state index < -0.39 is 5.97 Å². The average molecular weight is 257 g/mol. The second-order valence-corrected chi connectivity index (χ2v) is 5.37. The molecule has 0 aliphatic carbocycles. The second-order valence-electron chi connectivity index (χ2n) is 4.17. The zero-order chi connectivity index (χ0) is 12.8. The molecule has 0 unspecified atom stereocenters. The Morgan fingerprint density at radius 2 is 2.18 bits per heavy atom. The molecule has 0 aliphatic rings. The number of aromatic nitrogens is 1. The zero-order valence-electron chi connectivity index (χ0n) is 10.5. The Hall–Kier alpha value is -1.14. The van der Waals surface area contributed by atoms with Crippen molar-refractivity contribution < 1.29 is 9.90 Å². The Labute approximate surface area is 105 Å². The van der Waals surface area contributed by atoms with Crippen LogP contribution in [-0.4, -0.2) is 48.1 Å². The van der Waals surface area contributed by atoms with Crippen molar-refractivity contribution in [2.75, 3.05) is 32.5 Å². The van der Waals surface area contributed by atoms with Crippen LogP contribution in [0.5, 0.6) is 0 Å². The van der Waals surface area contributed by atoms with Crippen LogP contribution in [0.1, 0.15) is 28.2 Å². The van der Waals surface area contributed by atoms with Gasteiger partial charge in [0.2, 0.25) is 0 Å². The molecule has 0 aromatic carbocycles. The molecule has 0 amide bonds. The minimum absolute atomic E-state index is 0.158. The number of carboxylic acid groups (broad SMARTS) is 1. The third kappa shape index (κ3) is 4.70. The van der Waals surface area contributed by atoms with Crippen molar-refractivity contribution in [1.82, 2.24) is 9.88 Å². The van der Waals surface area contributed by atoms with Crippen molar-refractivity contribution in [1.29, 1.82) is 0 Å². The summed E-state index contributed by atoms with van der Waals surface area (Å²) < 4.78 is 0. The number of rotatable bonds is 7. The van der Waals surface area contributed by atoms with Crippen molar-refractivity contribution in [3.05, 3.63) is 10.6 Å². The van der Waals surface area contributed by atoms with E-state index in [1.807, 2.05) is 0 Å². The minimum atomic E-state index is -0.959. The Morgan fingerprint density at radius 3 is 2.71 bits per heavy atom. The monoisotopic (exact) mass is 257 g/mol. The fourth-order valence-corrected chi connectivity index (χ4v) is 2.25. The first-order valence-corrected chi connectivity index (χ1v) is 6.41. The summed E-state index contributed by atoms with van der Waals surface area (Å²) in [6.07, 6.45) is 2.18. The number of thiazole rings is 1. The van der Waals surface area contributed by atoms with Gasteiger partial charge in [0, 0.05) is 11.4 Å². The smallest absolute Gasteiger partial charge is 0.355 e. The number of carbonyl (C=O) groups is 1. The molecule has 0 radical (unpaired) electrons. The first-order chi connectivity index (χ1) is 8.00. The number of aryl methyl sites for hydroxylation is 1. The number of nitrogens with zero attached hydrogens (tertiary/aromatic N) is 2. The predicted octanol–water partition coefficient (Wildman–Crippen LogP) is 1.90. The van der Waals surface area contributed by atoms with Gasteiger partial charge in [-0.2, -0.15) is 0 Å². The second kappa shape index (κ2) is 6.56.